The number of ether oxygens (including phenoxy) is 2. The molecule has 0 radical (unpaired) electrons. The number of benzene rings is 1. The van der Waals surface area contributed by atoms with Gasteiger partial charge in [0.2, 0.25) is 0 Å². The lowest BCUT2D eigenvalue weighted by Gasteiger charge is -2.15. The van der Waals surface area contributed by atoms with Gasteiger partial charge in [0.1, 0.15) is 11.5 Å². The van der Waals surface area contributed by atoms with Crippen molar-refractivity contribution in [3.63, 3.8) is 0 Å². The minimum Gasteiger partial charge on any atom is -0.497 e. The summed E-state index contributed by atoms with van der Waals surface area (Å²) in [5.41, 5.74) is 6.97. The third kappa shape index (κ3) is 3.37. The van der Waals surface area contributed by atoms with Crippen molar-refractivity contribution in [3.05, 3.63) is 23.8 Å². The Kier molecular flexibility index (Phi) is 3.89. The van der Waals surface area contributed by atoms with E-state index in [0.717, 1.165) is 36.0 Å². The van der Waals surface area contributed by atoms with E-state index in [9.17, 15) is 0 Å². The number of rotatable bonds is 6. The molecule has 3 nitrogen and oxygen atoms in total. The summed E-state index contributed by atoms with van der Waals surface area (Å²) in [5.74, 6) is 2.56. The largest absolute Gasteiger partial charge is 0.497 e. The van der Waals surface area contributed by atoms with Crippen molar-refractivity contribution in [3.8, 4) is 11.5 Å². The average Bonchev–Trinajstić information content (AvgIpc) is 3.12. The second-order valence-electron chi connectivity index (χ2n) is 4.77. The molecule has 1 saturated carbocycles. The monoisotopic (exact) mass is 235 g/mol. The first-order valence-electron chi connectivity index (χ1n) is 6.27. The van der Waals surface area contributed by atoms with Crippen LogP contribution < -0.4 is 15.2 Å². The molecule has 3 heteroatoms. The highest BCUT2D eigenvalue weighted by Crippen LogP contribution is 2.33. The molecular weight excluding hydrogens is 214 g/mol. The zero-order valence-corrected chi connectivity index (χ0v) is 10.6. The fourth-order valence-electron chi connectivity index (χ4n) is 1.88. The maximum atomic E-state index is 5.93. The van der Waals surface area contributed by atoms with E-state index in [-0.39, 0.29) is 6.04 Å². The Hall–Kier alpha value is -1.22. The van der Waals surface area contributed by atoms with Crippen LogP contribution >= 0.6 is 0 Å². The molecule has 1 fully saturated rings. The van der Waals surface area contributed by atoms with Gasteiger partial charge >= 0.3 is 0 Å². The van der Waals surface area contributed by atoms with E-state index in [1.54, 1.807) is 7.11 Å². The first-order valence-corrected chi connectivity index (χ1v) is 6.27. The molecule has 1 aliphatic carbocycles. The minimum absolute atomic E-state index is 0.0168. The predicted octanol–water partition coefficient (Wildman–Crippen LogP) is 2.89. The van der Waals surface area contributed by atoms with Gasteiger partial charge in [-0.05, 0) is 25.3 Å². The van der Waals surface area contributed by atoms with Gasteiger partial charge in [-0.25, -0.2) is 0 Å². The van der Waals surface area contributed by atoms with Gasteiger partial charge in [-0.1, -0.05) is 18.9 Å². The first kappa shape index (κ1) is 12.2. The van der Waals surface area contributed by atoms with E-state index in [0.29, 0.717) is 0 Å². The van der Waals surface area contributed by atoms with Crippen molar-refractivity contribution >= 4 is 0 Å². The van der Waals surface area contributed by atoms with Crippen molar-refractivity contribution < 1.29 is 9.47 Å². The molecule has 0 heterocycles. The Labute approximate surface area is 103 Å². The lowest BCUT2D eigenvalue weighted by Crippen LogP contribution is -2.09. The zero-order chi connectivity index (χ0) is 12.3. The summed E-state index contributed by atoms with van der Waals surface area (Å²) in [4.78, 5) is 0. The molecule has 1 aromatic rings. The molecule has 94 valence electrons. The van der Waals surface area contributed by atoms with Crippen molar-refractivity contribution in [2.75, 3.05) is 13.7 Å². The Morgan fingerprint density at radius 1 is 1.41 bits per heavy atom. The van der Waals surface area contributed by atoms with Gasteiger partial charge in [0.15, 0.2) is 0 Å². The highest BCUT2D eigenvalue weighted by atomic mass is 16.5. The standard InChI is InChI=1S/C14H21NO2/c1-10(15)13-6-5-12(16-2)9-14(13)17-8-7-11-3-4-11/h5-6,9-11H,3-4,7-8,15H2,1-2H3. The van der Waals surface area contributed by atoms with E-state index in [4.69, 9.17) is 15.2 Å². The summed E-state index contributed by atoms with van der Waals surface area (Å²) < 4.78 is 11.0. The first-order chi connectivity index (χ1) is 8.20. The van der Waals surface area contributed by atoms with Crippen LogP contribution in [0, 0.1) is 5.92 Å². The summed E-state index contributed by atoms with van der Waals surface area (Å²) in [6.07, 6.45) is 3.87. The summed E-state index contributed by atoms with van der Waals surface area (Å²) in [6, 6.07) is 5.81. The van der Waals surface area contributed by atoms with Crippen molar-refractivity contribution in [1.82, 2.24) is 0 Å². The van der Waals surface area contributed by atoms with Crippen LogP contribution in [0.1, 0.15) is 37.8 Å². The summed E-state index contributed by atoms with van der Waals surface area (Å²) in [7, 11) is 1.66. The van der Waals surface area contributed by atoms with Gasteiger partial charge in [-0.3, -0.25) is 0 Å². The minimum atomic E-state index is -0.0168. The van der Waals surface area contributed by atoms with Gasteiger partial charge in [0.25, 0.3) is 0 Å². The SMILES string of the molecule is COc1ccc(C(C)N)c(OCCC2CC2)c1. The molecule has 1 atom stereocenters. The lowest BCUT2D eigenvalue weighted by molar-refractivity contribution is 0.296. The van der Waals surface area contributed by atoms with Crippen LogP contribution in [0.25, 0.3) is 0 Å². The van der Waals surface area contributed by atoms with Crippen LogP contribution in [-0.2, 0) is 0 Å². The molecule has 2 N–H and O–H groups in total. The molecule has 0 saturated heterocycles. The third-order valence-corrected chi connectivity index (χ3v) is 3.19. The van der Waals surface area contributed by atoms with Crippen LogP contribution in [0.15, 0.2) is 18.2 Å². The molecule has 1 aromatic carbocycles. The van der Waals surface area contributed by atoms with Crippen LogP contribution in [0.2, 0.25) is 0 Å². The molecule has 0 aromatic heterocycles. The highest BCUT2D eigenvalue weighted by molar-refractivity contribution is 5.42. The topological polar surface area (TPSA) is 44.5 Å². The smallest absolute Gasteiger partial charge is 0.127 e. The number of nitrogens with two attached hydrogens (primary N) is 1. The summed E-state index contributed by atoms with van der Waals surface area (Å²) in [6.45, 7) is 2.74. The highest BCUT2D eigenvalue weighted by Gasteiger charge is 2.21. The van der Waals surface area contributed by atoms with Gasteiger partial charge in [-0.15, -0.1) is 0 Å². The number of methoxy groups -OCH3 is 1. The maximum Gasteiger partial charge on any atom is 0.127 e. The van der Waals surface area contributed by atoms with E-state index >= 15 is 0 Å². The molecule has 1 aliphatic rings. The van der Waals surface area contributed by atoms with Crippen LogP contribution in [0.4, 0.5) is 0 Å². The van der Waals surface area contributed by atoms with E-state index in [2.05, 4.69) is 0 Å². The molecule has 0 bridgehead atoms. The van der Waals surface area contributed by atoms with E-state index in [1.807, 2.05) is 25.1 Å². The Morgan fingerprint density at radius 2 is 2.18 bits per heavy atom. The Morgan fingerprint density at radius 3 is 2.76 bits per heavy atom. The van der Waals surface area contributed by atoms with Gasteiger partial charge in [-0.2, -0.15) is 0 Å². The van der Waals surface area contributed by atoms with Gasteiger partial charge in [0, 0.05) is 17.7 Å². The van der Waals surface area contributed by atoms with Crippen LogP contribution in [0.3, 0.4) is 0 Å². The number of hydrogen-bond donors (Lipinski definition) is 1. The second-order valence-corrected chi connectivity index (χ2v) is 4.77. The van der Waals surface area contributed by atoms with Crippen molar-refractivity contribution in [1.29, 1.82) is 0 Å². The maximum absolute atomic E-state index is 5.93. The van der Waals surface area contributed by atoms with E-state index < -0.39 is 0 Å². The van der Waals surface area contributed by atoms with Crippen molar-refractivity contribution in [2.24, 2.45) is 11.7 Å². The predicted molar refractivity (Wildman–Crippen MR) is 68.4 cm³/mol. The average molecular weight is 235 g/mol. The molecule has 0 amide bonds. The third-order valence-electron chi connectivity index (χ3n) is 3.19. The van der Waals surface area contributed by atoms with Gasteiger partial charge < -0.3 is 15.2 Å². The summed E-state index contributed by atoms with van der Waals surface area (Å²) in [5, 5.41) is 0. The van der Waals surface area contributed by atoms with Crippen LogP contribution in [-0.4, -0.2) is 13.7 Å². The van der Waals surface area contributed by atoms with E-state index in [1.165, 1.54) is 12.8 Å². The fourth-order valence-corrected chi connectivity index (χ4v) is 1.88. The quantitative estimate of drug-likeness (QED) is 0.824. The molecule has 1 unspecified atom stereocenters. The Bertz CT molecular complexity index is 372. The normalized spacial score (nSPS) is 16.6. The lowest BCUT2D eigenvalue weighted by atomic mass is 10.1. The molecule has 0 aliphatic heterocycles. The Balaban J connectivity index is 2.03. The summed E-state index contributed by atoms with van der Waals surface area (Å²) >= 11 is 0. The molecule has 0 spiro atoms. The second kappa shape index (κ2) is 5.41. The fraction of sp³-hybridized carbons (Fsp3) is 0.571. The molecule has 2 rings (SSSR count). The molecular formula is C14H21NO2. The van der Waals surface area contributed by atoms with Crippen molar-refractivity contribution in [2.45, 2.75) is 32.2 Å². The zero-order valence-electron chi connectivity index (χ0n) is 10.6. The number of hydrogen-bond acceptors (Lipinski definition) is 3. The molecule has 17 heavy (non-hydrogen) atoms. The van der Waals surface area contributed by atoms with Gasteiger partial charge in [0.05, 0.1) is 13.7 Å². The van der Waals surface area contributed by atoms with Crippen LogP contribution in [0.5, 0.6) is 11.5 Å².